The first-order chi connectivity index (χ1) is 9.15. The molecule has 0 atom stereocenters. The van der Waals surface area contributed by atoms with Gasteiger partial charge in [0.05, 0.1) is 12.3 Å². The molecular weight excluding hydrogens is 242 g/mol. The van der Waals surface area contributed by atoms with E-state index in [-0.39, 0.29) is 11.7 Å². The first-order valence-corrected chi connectivity index (χ1v) is 6.34. The molecule has 2 N–H and O–H groups in total. The largest absolute Gasteiger partial charge is 0.332 e. The molecule has 0 bridgehead atoms. The first-order valence-electron chi connectivity index (χ1n) is 6.34. The Morgan fingerprint density at radius 1 is 1.26 bits per heavy atom. The summed E-state index contributed by atoms with van der Waals surface area (Å²) in [7, 11) is 0. The molecule has 1 heterocycles. The van der Waals surface area contributed by atoms with Gasteiger partial charge in [-0.3, -0.25) is 9.13 Å². The Kier molecular flexibility index (Phi) is 4.19. The van der Waals surface area contributed by atoms with Gasteiger partial charge in [-0.2, -0.15) is 0 Å². The molecule has 0 unspecified atom stereocenters. The fourth-order valence-corrected chi connectivity index (χ4v) is 2.09. The highest BCUT2D eigenvalue weighted by atomic mass is 16.6. The number of hydrogen-bond donors (Lipinski definition) is 1. The number of hydrogen-bond acceptors (Lipinski definition) is 3. The second-order valence-electron chi connectivity index (χ2n) is 4.70. The third-order valence-electron chi connectivity index (χ3n) is 3.10. The lowest BCUT2D eigenvalue weighted by molar-refractivity contribution is 0.141. The molecule has 2 aromatic rings. The number of nitrogens with two attached hydrogens (primary N) is 1. The normalized spacial score (nSPS) is 11.2. The summed E-state index contributed by atoms with van der Waals surface area (Å²) in [5, 5.41) is 0. The summed E-state index contributed by atoms with van der Waals surface area (Å²) < 4.78 is 3.36. The number of benzene rings is 1. The summed E-state index contributed by atoms with van der Waals surface area (Å²) in [5.74, 6) is 5.07. The van der Waals surface area contributed by atoms with Gasteiger partial charge in [0.25, 0.3) is 0 Å². The number of imidazole rings is 1. The van der Waals surface area contributed by atoms with Crippen molar-refractivity contribution in [2.45, 2.75) is 26.3 Å². The average molecular weight is 261 g/mol. The Bertz CT molecular complexity index is 599. The summed E-state index contributed by atoms with van der Waals surface area (Å²) >= 11 is 0. The van der Waals surface area contributed by atoms with Crippen LogP contribution >= 0.6 is 0 Å². The van der Waals surface area contributed by atoms with E-state index in [4.69, 9.17) is 5.90 Å². The van der Waals surface area contributed by atoms with E-state index in [0.717, 1.165) is 11.3 Å². The zero-order valence-corrected chi connectivity index (χ0v) is 11.2. The molecule has 0 amide bonds. The first kappa shape index (κ1) is 13.6. The Morgan fingerprint density at radius 2 is 2.00 bits per heavy atom. The van der Waals surface area contributed by atoms with E-state index in [1.807, 2.05) is 44.3 Å². The number of para-hydroxylation sites is 1. The van der Waals surface area contributed by atoms with Crippen LogP contribution < -0.4 is 11.6 Å². The highest BCUT2D eigenvalue weighted by Crippen LogP contribution is 2.14. The Hall–Kier alpha value is -1.85. The molecule has 0 aliphatic carbocycles. The summed E-state index contributed by atoms with van der Waals surface area (Å²) in [6.45, 7) is 4.40. The molecule has 0 saturated heterocycles. The van der Waals surface area contributed by atoms with Gasteiger partial charge in [-0.05, 0) is 31.9 Å². The van der Waals surface area contributed by atoms with Gasteiger partial charge in [-0.25, -0.2) is 10.7 Å². The van der Waals surface area contributed by atoms with Crippen molar-refractivity contribution in [1.82, 2.24) is 9.13 Å². The van der Waals surface area contributed by atoms with E-state index in [1.54, 1.807) is 15.3 Å². The van der Waals surface area contributed by atoms with E-state index >= 15 is 0 Å². The maximum atomic E-state index is 12.3. The van der Waals surface area contributed by atoms with Crippen molar-refractivity contribution in [3.05, 3.63) is 52.7 Å². The van der Waals surface area contributed by atoms with Gasteiger partial charge in [0.15, 0.2) is 0 Å². The number of aromatic nitrogens is 2. The van der Waals surface area contributed by atoms with Crippen molar-refractivity contribution in [2.75, 3.05) is 6.61 Å². The molecule has 0 aliphatic heterocycles. The fraction of sp³-hybridized carbons (Fsp3) is 0.357. The van der Waals surface area contributed by atoms with Crippen LogP contribution in [0.4, 0.5) is 0 Å². The van der Waals surface area contributed by atoms with Crippen LogP contribution in [-0.2, 0) is 11.3 Å². The van der Waals surface area contributed by atoms with Gasteiger partial charge in [0.2, 0.25) is 0 Å². The molecular formula is C14H19N3O2. The molecule has 0 spiro atoms. The van der Waals surface area contributed by atoms with E-state index in [0.29, 0.717) is 13.0 Å². The molecule has 1 aromatic heterocycles. The number of nitrogens with zero attached hydrogens (tertiary/aromatic N) is 2. The zero-order valence-electron chi connectivity index (χ0n) is 11.2. The van der Waals surface area contributed by atoms with E-state index in [2.05, 4.69) is 4.84 Å². The minimum absolute atomic E-state index is 0.0314. The zero-order chi connectivity index (χ0) is 13.8. The molecule has 2 rings (SSSR count). The SMILES string of the molecule is CC(C)n1ccn(-c2ccccc2CCON)c1=O. The highest BCUT2D eigenvalue weighted by molar-refractivity contribution is 5.41. The van der Waals surface area contributed by atoms with Crippen LogP contribution in [0.5, 0.6) is 0 Å². The second kappa shape index (κ2) is 5.86. The van der Waals surface area contributed by atoms with Crippen LogP contribution in [0, 0.1) is 0 Å². The van der Waals surface area contributed by atoms with Gasteiger partial charge >= 0.3 is 5.69 Å². The van der Waals surface area contributed by atoms with Gasteiger partial charge in [-0.1, -0.05) is 18.2 Å². The molecule has 5 nitrogen and oxygen atoms in total. The van der Waals surface area contributed by atoms with Crippen LogP contribution in [0.1, 0.15) is 25.5 Å². The van der Waals surface area contributed by atoms with Crippen LogP contribution in [0.3, 0.4) is 0 Å². The molecule has 0 fully saturated rings. The quantitative estimate of drug-likeness (QED) is 0.832. The van der Waals surface area contributed by atoms with Crippen molar-refractivity contribution in [3.63, 3.8) is 0 Å². The lowest BCUT2D eigenvalue weighted by Crippen LogP contribution is -2.25. The maximum absolute atomic E-state index is 12.3. The summed E-state index contributed by atoms with van der Waals surface area (Å²) in [6, 6.07) is 7.92. The molecule has 1 aromatic carbocycles. The third kappa shape index (κ3) is 2.77. The van der Waals surface area contributed by atoms with Crippen molar-refractivity contribution in [2.24, 2.45) is 5.90 Å². The minimum atomic E-state index is -0.0314. The summed E-state index contributed by atoms with van der Waals surface area (Å²) in [4.78, 5) is 16.9. The summed E-state index contributed by atoms with van der Waals surface area (Å²) in [5.41, 5.74) is 1.89. The Morgan fingerprint density at radius 3 is 2.63 bits per heavy atom. The van der Waals surface area contributed by atoms with Crippen LogP contribution in [0.25, 0.3) is 5.69 Å². The van der Waals surface area contributed by atoms with Crippen LogP contribution in [-0.4, -0.2) is 15.7 Å². The van der Waals surface area contributed by atoms with Crippen LogP contribution in [0.2, 0.25) is 0 Å². The van der Waals surface area contributed by atoms with Crippen molar-refractivity contribution < 1.29 is 4.84 Å². The molecule has 5 heteroatoms. The van der Waals surface area contributed by atoms with Crippen LogP contribution in [0.15, 0.2) is 41.5 Å². The van der Waals surface area contributed by atoms with Gasteiger partial charge in [0.1, 0.15) is 0 Å². The fourth-order valence-electron chi connectivity index (χ4n) is 2.09. The Labute approximate surface area is 112 Å². The van der Waals surface area contributed by atoms with E-state index in [9.17, 15) is 4.79 Å². The standard InChI is InChI=1S/C14H19N3O2/c1-11(2)16-8-9-17(14(16)18)13-6-4-3-5-12(13)7-10-19-15/h3-6,8-9,11H,7,10,15H2,1-2H3. The van der Waals surface area contributed by atoms with Gasteiger partial charge in [-0.15, -0.1) is 0 Å². The highest BCUT2D eigenvalue weighted by Gasteiger charge is 2.10. The van der Waals surface area contributed by atoms with Crippen molar-refractivity contribution in [3.8, 4) is 5.69 Å². The molecule has 0 saturated carbocycles. The maximum Gasteiger partial charge on any atom is 0.332 e. The van der Waals surface area contributed by atoms with Crippen molar-refractivity contribution in [1.29, 1.82) is 0 Å². The smallest absolute Gasteiger partial charge is 0.304 e. The predicted octanol–water partition coefficient (Wildman–Crippen LogP) is 1.65. The number of rotatable bonds is 5. The molecule has 0 aliphatic rings. The molecule has 0 radical (unpaired) electrons. The van der Waals surface area contributed by atoms with Gasteiger partial charge in [0, 0.05) is 18.4 Å². The van der Waals surface area contributed by atoms with E-state index in [1.165, 1.54) is 0 Å². The lowest BCUT2D eigenvalue weighted by Gasteiger charge is -2.09. The molecule has 19 heavy (non-hydrogen) atoms. The van der Waals surface area contributed by atoms with Gasteiger partial charge < -0.3 is 4.84 Å². The topological polar surface area (TPSA) is 62.2 Å². The second-order valence-corrected chi connectivity index (χ2v) is 4.70. The lowest BCUT2D eigenvalue weighted by atomic mass is 10.1. The monoisotopic (exact) mass is 261 g/mol. The molecule has 102 valence electrons. The third-order valence-corrected chi connectivity index (χ3v) is 3.10. The van der Waals surface area contributed by atoms with Crippen molar-refractivity contribution >= 4 is 0 Å². The van der Waals surface area contributed by atoms with E-state index < -0.39 is 0 Å². The Balaban J connectivity index is 2.44. The average Bonchev–Trinajstić information content (AvgIpc) is 2.78. The predicted molar refractivity (Wildman–Crippen MR) is 74.3 cm³/mol. The minimum Gasteiger partial charge on any atom is -0.304 e. The summed E-state index contributed by atoms with van der Waals surface area (Å²) in [6.07, 6.45) is 4.28.